The molecule has 0 N–H and O–H groups in total. The van der Waals surface area contributed by atoms with Crippen LogP contribution in [0.15, 0.2) is 0 Å². The fraction of sp³-hybridized carbons (Fsp3) is 0.958. The molecule has 25 heavy (non-hydrogen) atoms. The highest BCUT2D eigenvalue weighted by atomic mass is 14.6. The number of nitriles is 1. The standard InChI is InChI=1S/C24H41N/c1-3-5-6-7-11-23(20-25)12-8-21(9-13-23)24-17-14-22(10-4-2,15-18-24)16-19-24/h21H,3-19H2,1-2H3. The molecule has 2 bridgehead atoms. The molecule has 0 radical (unpaired) electrons. The summed E-state index contributed by atoms with van der Waals surface area (Å²) in [7, 11) is 0. The van der Waals surface area contributed by atoms with Crippen molar-refractivity contribution in [2.75, 3.05) is 0 Å². The number of fused-ring (bicyclic) bond motifs is 3. The second-order valence-corrected chi connectivity index (χ2v) is 10.1. The van der Waals surface area contributed by atoms with Gasteiger partial charge in [-0.15, -0.1) is 0 Å². The molecule has 1 heteroatoms. The van der Waals surface area contributed by atoms with Crippen molar-refractivity contribution in [2.45, 2.75) is 123 Å². The van der Waals surface area contributed by atoms with Gasteiger partial charge >= 0.3 is 0 Å². The van der Waals surface area contributed by atoms with Crippen molar-refractivity contribution in [3.05, 3.63) is 0 Å². The van der Waals surface area contributed by atoms with Gasteiger partial charge in [0.15, 0.2) is 0 Å². The van der Waals surface area contributed by atoms with E-state index in [1.165, 1.54) is 109 Å². The average molecular weight is 344 g/mol. The lowest BCUT2D eigenvalue weighted by Crippen LogP contribution is -2.47. The molecule has 0 aromatic heterocycles. The van der Waals surface area contributed by atoms with Crippen molar-refractivity contribution in [2.24, 2.45) is 22.2 Å². The zero-order chi connectivity index (χ0) is 17.8. The summed E-state index contributed by atoms with van der Waals surface area (Å²) in [5, 5.41) is 9.87. The van der Waals surface area contributed by atoms with E-state index in [2.05, 4.69) is 19.9 Å². The van der Waals surface area contributed by atoms with Gasteiger partial charge in [-0.2, -0.15) is 5.26 Å². The third kappa shape index (κ3) is 3.94. The Hall–Kier alpha value is -0.510. The van der Waals surface area contributed by atoms with E-state index >= 15 is 0 Å². The van der Waals surface area contributed by atoms with Crippen LogP contribution in [0.1, 0.15) is 123 Å². The van der Waals surface area contributed by atoms with Crippen molar-refractivity contribution in [1.29, 1.82) is 5.26 Å². The highest BCUT2D eigenvalue weighted by molar-refractivity contribution is 5.07. The SMILES string of the molecule is CCCCCCC1(C#N)CCC(C23CCC(CCC)(CC2)CC3)CC1. The third-order valence-electron chi connectivity index (χ3n) is 8.79. The second-order valence-electron chi connectivity index (χ2n) is 10.1. The van der Waals surface area contributed by atoms with E-state index in [0.717, 1.165) is 11.3 Å². The fourth-order valence-corrected chi connectivity index (χ4v) is 6.90. The van der Waals surface area contributed by atoms with Gasteiger partial charge in [-0.3, -0.25) is 0 Å². The van der Waals surface area contributed by atoms with Crippen LogP contribution in [-0.4, -0.2) is 0 Å². The molecule has 0 aromatic rings. The molecule has 4 saturated carbocycles. The van der Waals surface area contributed by atoms with Crippen LogP contribution in [-0.2, 0) is 0 Å². The molecular formula is C24H41N. The first-order valence-electron chi connectivity index (χ1n) is 11.5. The molecule has 4 aliphatic rings. The maximum absolute atomic E-state index is 9.87. The number of hydrogen-bond donors (Lipinski definition) is 0. The van der Waals surface area contributed by atoms with Gasteiger partial charge in [0.2, 0.25) is 0 Å². The summed E-state index contributed by atoms with van der Waals surface area (Å²) in [6.07, 6.45) is 23.4. The van der Waals surface area contributed by atoms with Gasteiger partial charge in [-0.05, 0) is 93.8 Å². The van der Waals surface area contributed by atoms with E-state index in [1.807, 2.05) is 0 Å². The molecule has 0 atom stereocenters. The van der Waals surface area contributed by atoms with E-state index < -0.39 is 0 Å². The van der Waals surface area contributed by atoms with Crippen LogP contribution < -0.4 is 0 Å². The molecule has 1 nitrogen and oxygen atoms in total. The smallest absolute Gasteiger partial charge is 0.0689 e. The van der Waals surface area contributed by atoms with Crippen LogP contribution in [0.5, 0.6) is 0 Å². The summed E-state index contributed by atoms with van der Waals surface area (Å²) < 4.78 is 0. The zero-order valence-electron chi connectivity index (χ0n) is 17.0. The normalized spacial score (nSPS) is 40.8. The summed E-state index contributed by atoms with van der Waals surface area (Å²) in [5.41, 5.74) is 1.45. The van der Waals surface area contributed by atoms with Gasteiger partial charge in [-0.25, -0.2) is 0 Å². The molecule has 0 spiro atoms. The Labute approximate surface area is 157 Å². The maximum Gasteiger partial charge on any atom is 0.0689 e. The van der Waals surface area contributed by atoms with E-state index in [1.54, 1.807) is 0 Å². The predicted molar refractivity (Wildman–Crippen MR) is 106 cm³/mol. The minimum Gasteiger partial charge on any atom is -0.198 e. The zero-order valence-corrected chi connectivity index (χ0v) is 17.0. The topological polar surface area (TPSA) is 23.8 Å². The lowest BCUT2D eigenvalue weighted by molar-refractivity contribution is -0.0684. The van der Waals surface area contributed by atoms with Gasteiger partial charge in [0, 0.05) is 0 Å². The first-order chi connectivity index (χ1) is 12.1. The first kappa shape index (κ1) is 19.3. The molecule has 0 aliphatic heterocycles. The lowest BCUT2D eigenvalue weighted by Gasteiger charge is -2.58. The Morgan fingerprint density at radius 3 is 1.92 bits per heavy atom. The molecule has 4 aliphatic carbocycles. The fourth-order valence-electron chi connectivity index (χ4n) is 6.90. The predicted octanol–water partition coefficient (Wildman–Crippen LogP) is 7.80. The number of nitrogens with zero attached hydrogens (tertiary/aromatic N) is 1. The Morgan fingerprint density at radius 1 is 0.760 bits per heavy atom. The Kier molecular flexibility index (Phi) is 6.18. The molecular weight excluding hydrogens is 302 g/mol. The lowest BCUT2D eigenvalue weighted by atomic mass is 9.47. The number of hydrogen-bond acceptors (Lipinski definition) is 1. The van der Waals surface area contributed by atoms with Gasteiger partial charge in [0.25, 0.3) is 0 Å². The van der Waals surface area contributed by atoms with Crippen molar-refractivity contribution >= 4 is 0 Å². The van der Waals surface area contributed by atoms with Gasteiger partial charge < -0.3 is 0 Å². The van der Waals surface area contributed by atoms with Crippen LogP contribution in [0.2, 0.25) is 0 Å². The summed E-state index contributed by atoms with van der Waals surface area (Å²) in [6, 6.07) is 2.78. The highest BCUT2D eigenvalue weighted by Gasteiger charge is 2.52. The largest absolute Gasteiger partial charge is 0.198 e. The van der Waals surface area contributed by atoms with Crippen LogP contribution in [0, 0.1) is 33.5 Å². The van der Waals surface area contributed by atoms with E-state index in [4.69, 9.17) is 0 Å². The maximum atomic E-state index is 9.87. The summed E-state index contributed by atoms with van der Waals surface area (Å²) in [5.74, 6) is 0.935. The van der Waals surface area contributed by atoms with Crippen LogP contribution in [0.4, 0.5) is 0 Å². The Balaban J connectivity index is 1.53. The molecule has 4 rings (SSSR count). The molecule has 0 unspecified atom stereocenters. The molecule has 4 fully saturated rings. The second kappa shape index (κ2) is 8.02. The average Bonchev–Trinajstić information content (AvgIpc) is 2.67. The Morgan fingerprint density at radius 2 is 1.40 bits per heavy atom. The van der Waals surface area contributed by atoms with Crippen LogP contribution in [0.3, 0.4) is 0 Å². The van der Waals surface area contributed by atoms with Crippen LogP contribution in [0.25, 0.3) is 0 Å². The summed E-state index contributed by atoms with van der Waals surface area (Å²) >= 11 is 0. The minimum atomic E-state index is 0.0379. The van der Waals surface area contributed by atoms with Gasteiger partial charge in [0.1, 0.15) is 0 Å². The summed E-state index contributed by atoms with van der Waals surface area (Å²) in [4.78, 5) is 0. The van der Waals surface area contributed by atoms with E-state index in [9.17, 15) is 5.26 Å². The minimum absolute atomic E-state index is 0.0379. The van der Waals surface area contributed by atoms with Gasteiger partial charge in [0.05, 0.1) is 11.5 Å². The monoisotopic (exact) mass is 343 g/mol. The number of unbranched alkanes of at least 4 members (excludes halogenated alkanes) is 3. The van der Waals surface area contributed by atoms with E-state index in [0.29, 0.717) is 5.41 Å². The van der Waals surface area contributed by atoms with Crippen molar-refractivity contribution in [1.82, 2.24) is 0 Å². The van der Waals surface area contributed by atoms with E-state index in [-0.39, 0.29) is 5.41 Å². The Bertz CT molecular complexity index is 438. The molecule has 0 saturated heterocycles. The molecule has 0 amide bonds. The van der Waals surface area contributed by atoms with Crippen LogP contribution >= 0.6 is 0 Å². The van der Waals surface area contributed by atoms with Crippen molar-refractivity contribution in [3.8, 4) is 6.07 Å². The van der Waals surface area contributed by atoms with Crippen molar-refractivity contribution in [3.63, 3.8) is 0 Å². The summed E-state index contributed by atoms with van der Waals surface area (Å²) in [6.45, 7) is 4.64. The quantitative estimate of drug-likeness (QED) is 0.412. The first-order valence-corrected chi connectivity index (χ1v) is 11.5. The van der Waals surface area contributed by atoms with Gasteiger partial charge in [-0.1, -0.05) is 46.0 Å². The highest BCUT2D eigenvalue weighted by Crippen LogP contribution is 2.64. The molecule has 142 valence electrons. The molecule has 0 aromatic carbocycles. The van der Waals surface area contributed by atoms with Crippen molar-refractivity contribution < 1.29 is 0 Å². The number of rotatable bonds is 8. The third-order valence-corrected chi connectivity index (χ3v) is 8.79. The molecule has 0 heterocycles.